The van der Waals surface area contributed by atoms with E-state index >= 15 is 0 Å². The Hall–Kier alpha value is -1.89. The second-order valence-electron chi connectivity index (χ2n) is 6.32. The van der Waals surface area contributed by atoms with Gasteiger partial charge in [-0.05, 0) is 37.8 Å². The van der Waals surface area contributed by atoms with Crippen LogP contribution in [0.2, 0.25) is 0 Å². The van der Waals surface area contributed by atoms with Gasteiger partial charge in [-0.25, -0.2) is 4.79 Å². The van der Waals surface area contributed by atoms with Crippen LogP contribution in [0.4, 0.5) is 0 Å². The Morgan fingerprint density at radius 3 is 2.14 bits per heavy atom. The lowest BCUT2D eigenvalue weighted by Crippen LogP contribution is -2.58. The molecule has 1 aliphatic rings. The fourth-order valence-corrected chi connectivity index (χ4v) is 3.08. The van der Waals surface area contributed by atoms with Crippen LogP contribution >= 0.6 is 11.8 Å². The topological polar surface area (TPSA) is 177 Å². The number of aliphatic carboxylic acids is 1. The van der Waals surface area contributed by atoms with Crippen molar-refractivity contribution < 1.29 is 34.5 Å². The van der Waals surface area contributed by atoms with Crippen molar-refractivity contribution in [2.75, 3.05) is 31.8 Å². The monoisotopic (exact) mass is 420 g/mol. The van der Waals surface area contributed by atoms with E-state index in [4.69, 9.17) is 10.2 Å². The molecule has 1 saturated heterocycles. The van der Waals surface area contributed by atoms with E-state index < -0.39 is 61.1 Å². The number of aliphatic hydroxyl groups excluding tert-OH is 2. The van der Waals surface area contributed by atoms with Crippen LogP contribution in [0.15, 0.2) is 0 Å². The standard InChI is InChI=1S/C16H28N4O7S/c1-28-6-4-10(14(24)20-12(8-22)16(26)27)18-15(25)11(7-21)19-13(23)9-3-2-5-17-9/h9-12,17,21-22H,2-8H2,1H3,(H,18,25)(H,19,23)(H,20,24)(H,26,27). The van der Waals surface area contributed by atoms with Crippen LogP contribution in [0.3, 0.4) is 0 Å². The Labute approximate surface area is 167 Å². The first-order valence-electron chi connectivity index (χ1n) is 8.92. The lowest BCUT2D eigenvalue weighted by Gasteiger charge is -2.24. The number of carboxylic acids is 1. The molecule has 7 N–H and O–H groups in total. The molecular weight excluding hydrogens is 392 g/mol. The van der Waals surface area contributed by atoms with E-state index in [2.05, 4.69) is 21.3 Å². The van der Waals surface area contributed by atoms with Crippen LogP contribution < -0.4 is 21.3 Å². The van der Waals surface area contributed by atoms with Gasteiger partial charge in [0, 0.05) is 0 Å². The van der Waals surface area contributed by atoms with Crippen LogP contribution in [-0.4, -0.2) is 94.9 Å². The van der Waals surface area contributed by atoms with Crippen molar-refractivity contribution in [2.45, 2.75) is 43.4 Å². The van der Waals surface area contributed by atoms with Gasteiger partial charge in [0.25, 0.3) is 0 Å². The predicted molar refractivity (Wildman–Crippen MR) is 102 cm³/mol. The summed E-state index contributed by atoms with van der Waals surface area (Å²) < 4.78 is 0. The van der Waals surface area contributed by atoms with Gasteiger partial charge in [0.15, 0.2) is 0 Å². The Bertz CT molecular complexity index is 557. The average Bonchev–Trinajstić information content (AvgIpc) is 3.21. The van der Waals surface area contributed by atoms with Crippen molar-refractivity contribution in [1.29, 1.82) is 0 Å². The number of hydrogen-bond acceptors (Lipinski definition) is 8. The van der Waals surface area contributed by atoms with E-state index in [1.807, 2.05) is 0 Å². The maximum absolute atomic E-state index is 12.4. The molecule has 12 heteroatoms. The summed E-state index contributed by atoms with van der Waals surface area (Å²) in [5.41, 5.74) is 0. The van der Waals surface area contributed by atoms with Gasteiger partial charge in [0.2, 0.25) is 17.7 Å². The zero-order chi connectivity index (χ0) is 21.1. The van der Waals surface area contributed by atoms with Crippen molar-refractivity contribution in [3.63, 3.8) is 0 Å². The first-order valence-corrected chi connectivity index (χ1v) is 10.3. The molecule has 0 aromatic heterocycles. The van der Waals surface area contributed by atoms with Gasteiger partial charge in [0.05, 0.1) is 19.3 Å². The summed E-state index contributed by atoms with van der Waals surface area (Å²) in [6.07, 6.45) is 3.46. The van der Waals surface area contributed by atoms with Crippen molar-refractivity contribution in [2.24, 2.45) is 0 Å². The smallest absolute Gasteiger partial charge is 0.328 e. The summed E-state index contributed by atoms with van der Waals surface area (Å²) in [5.74, 6) is -2.86. The van der Waals surface area contributed by atoms with E-state index in [9.17, 15) is 24.3 Å². The molecule has 0 aromatic rings. The summed E-state index contributed by atoms with van der Waals surface area (Å²) in [6, 6.07) is -4.25. The molecule has 3 amide bonds. The van der Waals surface area contributed by atoms with Crippen molar-refractivity contribution in [3.05, 3.63) is 0 Å². The molecule has 1 aliphatic heterocycles. The van der Waals surface area contributed by atoms with E-state index in [1.54, 1.807) is 6.26 Å². The average molecular weight is 420 g/mol. The Morgan fingerprint density at radius 1 is 1.04 bits per heavy atom. The fraction of sp³-hybridized carbons (Fsp3) is 0.750. The minimum atomic E-state index is -1.50. The number of amides is 3. The first-order chi connectivity index (χ1) is 13.3. The largest absolute Gasteiger partial charge is 0.480 e. The number of aliphatic hydroxyl groups is 2. The second kappa shape index (κ2) is 12.5. The third-order valence-corrected chi connectivity index (χ3v) is 4.88. The maximum Gasteiger partial charge on any atom is 0.328 e. The first kappa shape index (κ1) is 24.1. The van der Waals surface area contributed by atoms with Gasteiger partial charge in [-0.3, -0.25) is 14.4 Å². The summed E-state index contributed by atoms with van der Waals surface area (Å²) in [6.45, 7) is -0.760. The fourth-order valence-electron chi connectivity index (χ4n) is 2.61. The number of carbonyl (C=O) groups is 4. The number of carbonyl (C=O) groups excluding carboxylic acids is 3. The maximum atomic E-state index is 12.4. The summed E-state index contributed by atoms with van der Waals surface area (Å²) >= 11 is 1.42. The zero-order valence-corrected chi connectivity index (χ0v) is 16.5. The highest BCUT2D eigenvalue weighted by molar-refractivity contribution is 7.98. The molecule has 28 heavy (non-hydrogen) atoms. The molecule has 4 atom stereocenters. The van der Waals surface area contributed by atoms with Gasteiger partial charge in [-0.15, -0.1) is 0 Å². The summed E-state index contributed by atoms with van der Waals surface area (Å²) in [5, 5.41) is 37.4. The molecule has 1 heterocycles. The highest BCUT2D eigenvalue weighted by atomic mass is 32.2. The van der Waals surface area contributed by atoms with Gasteiger partial charge in [-0.2, -0.15) is 11.8 Å². The highest BCUT2D eigenvalue weighted by Crippen LogP contribution is 2.06. The Morgan fingerprint density at radius 2 is 1.64 bits per heavy atom. The van der Waals surface area contributed by atoms with Gasteiger partial charge in [0.1, 0.15) is 18.1 Å². The number of carboxylic acid groups (broad SMARTS) is 1. The van der Waals surface area contributed by atoms with Crippen LogP contribution in [0.5, 0.6) is 0 Å². The number of hydrogen-bond donors (Lipinski definition) is 7. The van der Waals surface area contributed by atoms with E-state index in [-0.39, 0.29) is 6.42 Å². The van der Waals surface area contributed by atoms with Gasteiger partial charge < -0.3 is 36.6 Å². The van der Waals surface area contributed by atoms with Crippen molar-refractivity contribution in [1.82, 2.24) is 21.3 Å². The molecule has 1 rings (SSSR count). The molecule has 11 nitrogen and oxygen atoms in total. The highest BCUT2D eigenvalue weighted by Gasteiger charge is 2.30. The molecule has 0 aromatic carbocycles. The molecule has 0 saturated carbocycles. The van der Waals surface area contributed by atoms with Crippen LogP contribution in [0.1, 0.15) is 19.3 Å². The SMILES string of the molecule is CSCCC(NC(=O)C(CO)NC(=O)C1CCCN1)C(=O)NC(CO)C(=O)O. The third-order valence-electron chi connectivity index (χ3n) is 4.23. The van der Waals surface area contributed by atoms with Gasteiger partial charge in [-0.1, -0.05) is 0 Å². The quantitative estimate of drug-likeness (QED) is 0.173. The molecule has 1 fully saturated rings. The normalized spacial score (nSPS) is 19.3. The number of thioether (sulfide) groups is 1. The third kappa shape index (κ3) is 7.62. The minimum Gasteiger partial charge on any atom is -0.480 e. The van der Waals surface area contributed by atoms with Crippen LogP contribution in [-0.2, 0) is 19.2 Å². The second-order valence-corrected chi connectivity index (χ2v) is 7.30. The summed E-state index contributed by atoms with van der Waals surface area (Å²) in [7, 11) is 0. The molecule has 0 aliphatic carbocycles. The Balaban J connectivity index is 2.72. The van der Waals surface area contributed by atoms with Gasteiger partial charge >= 0.3 is 5.97 Å². The van der Waals surface area contributed by atoms with Crippen LogP contribution in [0.25, 0.3) is 0 Å². The molecule has 0 radical (unpaired) electrons. The van der Waals surface area contributed by atoms with Crippen molar-refractivity contribution >= 4 is 35.5 Å². The van der Waals surface area contributed by atoms with Crippen molar-refractivity contribution in [3.8, 4) is 0 Å². The van der Waals surface area contributed by atoms with Crippen LogP contribution in [0, 0.1) is 0 Å². The Kier molecular flexibility index (Phi) is 10.8. The summed E-state index contributed by atoms with van der Waals surface area (Å²) in [4.78, 5) is 47.9. The zero-order valence-electron chi connectivity index (χ0n) is 15.6. The minimum absolute atomic E-state index is 0.201. The molecular formula is C16H28N4O7S. The molecule has 4 unspecified atom stereocenters. The number of nitrogens with one attached hydrogen (secondary N) is 4. The van der Waals surface area contributed by atoms with E-state index in [0.717, 1.165) is 6.42 Å². The van der Waals surface area contributed by atoms with E-state index in [1.165, 1.54) is 11.8 Å². The number of rotatable bonds is 12. The molecule has 160 valence electrons. The van der Waals surface area contributed by atoms with E-state index in [0.29, 0.717) is 18.7 Å². The predicted octanol–water partition coefficient (Wildman–Crippen LogP) is -2.98. The lowest BCUT2D eigenvalue weighted by atomic mass is 10.1. The molecule has 0 bridgehead atoms. The lowest BCUT2D eigenvalue weighted by molar-refractivity contribution is -0.143. The molecule has 0 spiro atoms.